The van der Waals surface area contributed by atoms with Crippen LogP contribution >= 0.6 is 0 Å². The van der Waals surface area contributed by atoms with Gasteiger partial charge in [-0.1, -0.05) is 54.6 Å². The van der Waals surface area contributed by atoms with Crippen molar-refractivity contribution in [3.63, 3.8) is 0 Å². The standard InChI is InChI=1S/C35H33F6N5O3/c1-2-45-28-21-46(32(48)29(28)30(42-33(45)49)25-13-6-7-14-26(25)35(39,40)41)27(19-22-9-4-3-5-10-22)31(47)44-17-15-43(16-18-44)24-12-8-11-23(20-24)34(36,37)38/h3-14,20,27,30H,2,15-19,21H2,1H3,(H,42,49). The minimum absolute atomic E-state index is 0.0293. The number of urea groups is 1. The first-order chi connectivity index (χ1) is 23.3. The van der Waals surface area contributed by atoms with Crippen LogP contribution in [0.1, 0.15) is 35.2 Å². The zero-order chi connectivity index (χ0) is 35.1. The zero-order valence-electron chi connectivity index (χ0n) is 26.4. The molecule has 3 aliphatic heterocycles. The molecule has 0 bridgehead atoms. The van der Waals surface area contributed by atoms with E-state index in [1.807, 2.05) is 0 Å². The predicted molar refractivity (Wildman–Crippen MR) is 168 cm³/mol. The quantitative estimate of drug-likeness (QED) is 0.316. The number of nitrogens with one attached hydrogen (secondary N) is 1. The van der Waals surface area contributed by atoms with Crippen LogP contribution < -0.4 is 10.2 Å². The number of carbonyl (C=O) groups is 3. The van der Waals surface area contributed by atoms with Gasteiger partial charge in [0.05, 0.1) is 35.0 Å². The minimum atomic E-state index is -4.76. The molecule has 0 saturated carbocycles. The Bertz CT molecular complexity index is 1770. The number of hydrogen-bond acceptors (Lipinski definition) is 4. The molecule has 3 aromatic rings. The van der Waals surface area contributed by atoms with Gasteiger partial charge in [0, 0.05) is 44.8 Å². The minimum Gasteiger partial charge on any atom is -0.368 e. The lowest BCUT2D eigenvalue weighted by atomic mass is 9.91. The largest absolute Gasteiger partial charge is 0.416 e. The number of rotatable bonds is 7. The van der Waals surface area contributed by atoms with Crippen LogP contribution in [0.15, 0.2) is 90.1 Å². The van der Waals surface area contributed by atoms with Crippen LogP contribution in [0.5, 0.6) is 0 Å². The maximum absolute atomic E-state index is 14.4. The number of likely N-dealkylation sites (N-methyl/N-ethyl adjacent to an activating group) is 1. The second kappa shape index (κ2) is 13.1. The number of nitrogens with zero attached hydrogens (tertiary/aromatic N) is 4. The monoisotopic (exact) mass is 685 g/mol. The molecule has 49 heavy (non-hydrogen) atoms. The van der Waals surface area contributed by atoms with Crippen LogP contribution in [-0.4, -0.2) is 77.9 Å². The van der Waals surface area contributed by atoms with Crippen LogP contribution in [0.2, 0.25) is 0 Å². The third-order valence-electron chi connectivity index (χ3n) is 9.21. The Kier molecular flexibility index (Phi) is 9.07. The first-order valence-corrected chi connectivity index (χ1v) is 15.8. The van der Waals surface area contributed by atoms with Gasteiger partial charge in [0.25, 0.3) is 5.91 Å². The van der Waals surface area contributed by atoms with Crippen LogP contribution in [0.4, 0.5) is 36.8 Å². The molecule has 2 unspecified atom stereocenters. The van der Waals surface area contributed by atoms with Crippen LogP contribution in [-0.2, 0) is 28.4 Å². The van der Waals surface area contributed by atoms with Gasteiger partial charge in [-0.2, -0.15) is 26.3 Å². The van der Waals surface area contributed by atoms with E-state index in [0.717, 1.165) is 23.8 Å². The molecule has 3 aliphatic rings. The highest BCUT2D eigenvalue weighted by molar-refractivity contribution is 6.03. The maximum atomic E-state index is 14.4. The fraction of sp³-hybridized carbons (Fsp3) is 0.343. The van der Waals surface area contributed by atoms with Gasteiger partial charge in [-0.15, -0.1) is 0 Å². The highest BCUT2D eigenvalue weighted by Crippen LogP contribution is 2.42. The van der Waals surface area contributed by atoms with E-state index in [0.29, 0.717) is 5.69 Å². The number of carbonyl (C=O) groups excluding carboxylic acids is 3. The van der Waals surface area contributed by atoms with Crippen molar-refractivity contribution >= 4 is 23.5 Å². The molecule has 1 N–H and O–H groups in total. The molecule has 0 aromatic heterocycles. The summed E-state index contributed by atoms with van der Waals surface area (Å²) >= 11 is 0. The summed E-state index contributed by atoms with van der Waals surface area (Å²) < 4.78 is 82.4. The molecule has 0 radical (unpaired) electrons. The van der Waals surface area contributed by atoms with Gasteiger partial charge in [0.1, 0.15) is 6.04 Å². The molecule has 3 aromatic carbocycles. The fourth-order valence-corrected chi connectivity index (χ4v) is 6.78. The second-order valence-electron chi connectivity index (χ2n) is 12.1. The van der Waals surface area contributed by atoms with Gasteiger partial charge in [0.15, 0.2) is 0 Å². The maximum Gasteiger partial charge on any atom is 0.416 e. The van der Waals surface area contributed by atoms with Crippen LogP contribution in [0.3, 0.4) is 0 Å². The van der Waals surface area contributed by atoms with E-state index >= 15 is 0 Å². The molecular weight excluding hydrogens is 652 g/mol. The summed E-state index contributed by atoms with van der Waals surface area (Å²) in [4.78, 5) is 47.8. The van der Waals surface area contributed by atoms with Crippen molar-refractivity contribution in [2.75, 3.05) is 44.2 Å². The summed E-state index contributed by atoms with van der Waals surface area (Å²) in [7, 11) is 0. The normalized spacial score (nSPS) is 19.3. The number of halogens is 6. The van der Waals surface area contributed by atoms with E-state index in [-0.39, 0.29) is 62.5 Å². The topological polar surface area (TPSA) is 76.2 Å². The van der Waals surface area contributed by atoms with E-state index in [2.05, 4.69) is 5.32 Å². The Morgan fingerprint density at radius 2 is 1.53 bits per heavy atom. The number of anilines is 1. The number of hydrogen-bond donors (Lipinski definition) is 1. The van der Waals surface area contributed by atoms with Crippen molar-refractivity contribution in [2.45, 2.75) is 37.8 Å². The van der Waals surface area contributed by atoms with E-state index in [1.165, 1.54) is 34.1 Å². The van der Waals surface area contributed by atoms with Gasteiger partial charge in [0.2, 0.25) is 5.91 Å². The fourth-order valence-electron chi connectivity index (χ4n) is 6.78. The molecule has 3 heterocycles. The van der Waals surface area contributed by atoms with Crippen molar-refractivity contribution in [3.05, 3.63) is 112 Å². The van der Waals surface area contributed by atoms with Crippen molar-refractivity contribution in [2.24, 2.45) is 0 Å². The van der Waals surface area contributed by atoms with Crippen molar-refractivity contribution in [1.29, 1.82) is 0 Å². The van der Waals surface area contributed by atoms with Gasteiger partial charge >= 0.3 is 18.4 Å². The third-order valence-corrected chi connectivity index (χ3v) is 9.21. The van der Waals surface area contributed by atoms with Gasteiger partial charge in [-0.3, -0.25) is 14.5 Å². The Morgan fingerprint density at radius 3 is 2.18 bits per heavy atom. The molecule has 0 aliphatic carbocycles. The molecule has 14 heteroatoms. The highest BCUT2D eigenvalue weighted by atomic mass is 19.4. The Morgan fingerprint density at radius 1 is 0.857 bits per heavy atom. The summed E-state index contributed by atoms with van der Waals surface area (Å²) in [6, 6.07) is 15.6. The molecule has 1 fully saturated rings. The van der Waals surface area contributed by atoms with E-state index in [9.17, 15) is 40.7 Å². The summed E-state index contributed by atoms with van der Waals surface area (Å²) in [6.07, 6.45) is -9.17. The molecule has 258 valence electrons. The van der Waals surface area contributed by atoms with Crippen molar-refractivity contribution in [1.82, 2.24) is 20.0 Å². The molecule has 1 saturated heterocycles. The molecule has 6 rings (SSSR count). The SMILES string of the molecule is CCN1C(=O)NC(c2ccccc2C(F)(F)F)C2=C1CN(C(Cc1ccccc1)C(=O)N1CCN(c3cccc(C(F)(F)F)c3)CC1)C2=O. The summed E-state index contributed by atoms with van der Waals surface area (Å²) in [6.45, 7) is 2.45. The molecule has 8 nitrogen and oxygen atoms in total. The van der Waals surface area contributed by atoms with Crippen molar-refractivity contribution < 1.29 is 40.7 Å². The van der Waals surface area contributed by atoms with Gasteiger partial charge < -0.3 is 20.0 Å². The molecule has 2 atom stereocenters. The third kappa shape index (κ3) is 6.68. The Balaban J connectivity index is 1.30. The second-order valence-corrected chi connectivity index (χ2v) is 12.1. The van der Waals surface area contributed by atoms with Crippen LogP contribution in [0.25, 0.3) is 0 Å². The Hall–Kier alpha value is -5.01. The Labute approximate surface area is 278 Å². The summed E-state index contributed by atoms with van der Waals surface area (Å²) in [5.74, 6) is -1.07. The van der Waals surface area contributed by atoms with Gasteiger partial charge in [-0.25, -0.2) is 4.79 Å². The lowest BCUT2D eigenvalue weighted by molar-refractivity contribution is -0.143. The van der Waals surface area contributed by atoms with Gasteiger partial charge in [-0.05, 0) is 42.3 Å². The lowest BCUT2D eigenvalue weighted by Gasteiger charge is -2.39. The van der Waals surface area contributed by atoms with E-state index in [4.69, 9.17) is 0 Å². The first-order valence-electron chi connectivity index (χ1n) is 15.8. The highest BCUT2D eigenvalue weighted by Gasteiger charge is 2.49. The summed E-state index contributed by atoms with van der Waals surface area (Å²) in [5.41, 5.74) is -0.729. The van der Waals surface area contributed by atoms with E-state index < -0.39 is 53.4 Å². The molecular formula is C35H33F6N5O3. The van der Waals surface area contributed by atoms with Crippen molar-refractivity contribution in [3.8, 4) is 0 Å². The zero-order valence-corrected chi connectivity index (χ0v) is 26.4. The summed E-state index contributed by atoms with van der Waals surface area (Å²) in [5, 5.41) is 2.59. The first kappa shape index (κ1) is 33.9. The smallest absolute Gasteiger partial charge is 0.368 e. The number of alkyl halides is 6. The average Bonchev–Trinajstić information content (AvgIpc) is 3.42. The van der Waals surface area contributed by atoms with Crippen LogP contribution in [0, 0.1) is 0 Å². The molecule has 0 spiro atoms. The number of amides is 4. The number of benzene rings is 3. The lowest BCUT2D eigenvalue weighted by Crippen LogP contribution is -2.56. The number of piperazine rings is 1. The van der Waals surface area contributed by atoms with E-state index in [1.54, 1.807) is 53.1 Å². The average molecular weight is 686 g/mol. The predicted octanol–water partition coefficient (Wildman–Crippen LogP) is 5.87. The molecule has 4 amide bonds.